The molecule has 0 saturated carbocycles. The number of fused-ring (bicyclic) bond motifs is 1. The maximum absolute atomic E-state index is 13.5. The van der Waals surface area contributed by atoms with Crippen LogP contribution in [0.1, 0.15) is 18.0 Å². The Morgan fingerprint density at radius 1 is 1.17 bits per heavy atom. The topological polar surface area (TPSA) is 41.6 Å². The summed E-state index contributed by atoms with van der Waals surface area (Å²) in [5.74, 6) is 0.245. The Labute approximate surface area is 130 Å². The molecule has 0 unspecified atom stereocenters. The number of hydrazine groups is 1. The molecule has 2 aromatic carbocycles. The van der Waals surface area contributed by atoms with Crippen molar-refractivity contribution in [2.45, 2.75) is 18.6 Å². The van der Waals surface area contributed by atoms with E-state index in [-0.39, 0.29) is 18.5 Å². The number of nitrogens with zero attached hydrogens (tertiary/aromatic N) is 1. The fourth-order valence-electron chi connectivity index (χ4n) is 2.77. The predicted molar refractivity (Wildman–Crippen MR) is 78.8 cm³/mol. The number of benzene rings is 2. The second-order valence-electron chi connectivity index (χ2n) is 5.40. The van der Waals surface area contributed by atoms with Gasteiger partial charge >= 0.3 is 6.18 Å². The lowest BCUT2D eigenvalue weighted by Gasteiger charge is -2.29. The molecule has 0 spiro atoms. The summed E-state index contributed by atoms with van der Waals surface area (Å²) in [5.41, 5.74) is 2.37. The van der Waals surface area contributed by atoms with E-state index in [9.17, 15) is 18.0 Å². The third kappa shape index (κ3) is 3.10. The van der Waals surface area contributed by atoms with Gasteiger partial charge in [0.15, 0.2) is 0 Å². The first kappa shape index (κ1) is 15.6. The molecule has 1 saturated heterocycles. The van der Waals surface area contributed by atoms with Gasteiger partial charge in [0.25, 0.3) is 0 Å². The van der Waals surface area contributed by atoms with E-state index >= 15 is 0 Å². The van der Waals surface area contributed by atoms with Gasteiger partial charge in [0.05, 0.1) is 7.11 Å². The van der Waals surface area contributed by atoms with Crippen LogP contribution in [0, 0.1) is 0 Å². The summed E-state index contributed by atoms with van der Waals surface area (Å²) in [4.78, 5) is 11.3. The van der Waals surface area contributed by atoms with E-state index in [1.54, 1.807) is 24.3 Å². The zero-order valence-corrected chi connectivity index (χ0v) is 12.4. The van der Waals surface area contributed by atoms with Crippen molar-refractivity contribution in [2.24, 2.45) is 0 Å². The summed E-state index contributed by atoms with van der Waals surface area (Å²) in [6.07, 6.45) is -4.42. The van der Waals surface area contributed by atoms with Crippen LogP contribution >= 0.6 is 0 Å². The zero-order chi connectivity index (χ0) is 16.6. The molecule has 0 bridgehead atoms. The van der Waals surface area contributed by atoms with Gasteiger partial charge in [0.1, 0.15) is 11.8 Å². The number of hydrogen-bond acceptors (Lipinski definition) is 3. The first-order chi connectivity index (χ1) is 10.9. The van der Waals surface area contributed by atoms with E-state index in [1.807, 2.05) is 0 Å². The van der Waals surface area contributed by atoms with Crippen LogP contribution in [0.2, 0.25) is 0 Å². The van der Waals surface area contributed by atoms with Gasteiger partial charge in [-0.25, -0.2) is 5.01 Å². The van der Waals surface area contributed by atoms with E-state index in [0.29, 0.717) is 11.1 Å². The normalized spacial score (nSPS) is 17.3. The number of halogens is 3. The number of hydrogen-bond donors (Lipinski definition) is 1. The number of carbonyl (C=O) groups is 1. The molecule has 7 heteroatoms. The maximum Gasteiger partial charge on any atom is 0.409 e. The summed E-state index contributed by atoms with van der Waals surface area (Å²) in [5, 5.41) is 2.43. The van der Waals surface area contributed by atoms with E-state index in [4.69, 9.17) is 4.74 Å². The van der Waals surface area contributed by atoms with Crippen molar-refractivity contribution in [1.82, 2.24) is 10.4 Å². The van der Waals surface area contributed by atoms with Crippen LogP contribution in [-0.2, 0) is 4.79 Å². The van der Waals surface area contributed by atoms with Gasteiger partial charge in [-0.2, -0.15) is 13.2 Å². The molecule has 3 rings (SSSR count). The highest BCUT2D eigenvalue weighted by atomic mass is 19.4. The third-order valence-electron chi connectivity index (χ3n) is 3.86. The Bertz CT molecular complexity index is 746. The number of methoxy groups -OCH3 is 1. The van der Waals surface area contributed by atoms with Gasteiger partial charge in [-0.15, -0.1) is 0 Å². The number of carbonyl (C=O) groups excluding carboxylic acids is 1. The lowest BCUT2D eigenvalue weighted by atomic mass is 10.0. The van der Waals surface area contributed by atoms with Crippen LogP contribution in [0.5, 0.6) is 5.75 Å². The van der Waals surface area contributed by atoms with Crippen molar-refractivity contribution in [3.05, 3.63) is 42.0 Å². The molecular formula is C16H15F3N2O2. The molecule has 1 aliphatic heterocycles. The molecule has 1 N–H and O–H groups in total. The van der Waals surface area contributed by atoms with Gasteiger partial charge in [-0.1, -0.05) is 18.2 Å². The minimum atomic E-state index is -4.49. The summed E-state index contributed by atoms with van der Waals surface area (Å²) >= 11 is 0. The number of nitrogens with one attached hydrogen (secondary N) is 1. The maximum atomic E-state index is 13.5. The van der Waals surface area contributed by atoms with E-state index in [0.717, 1.165) is 10.4 Å². The Morgan fingerprint density at radius 2 is 1.87 bits per heavy atom. The molecule has 2 aromatic rings. The van der Waals surface area contributed by atoms with Gasteiger partial charge in [-0.3, -0.25) is 10.2 Å². The van der Waals surface area contributed by atoms with E-state index < -0.39 is 18.1 Å². The van der Waals surface area contributed by atoms with Crippen molar-refractivity contribution in [1.29, 1.82) is 0 Å². The highest BCUT2D eigenvalue weighted by Crippen LogP contribution is 2.39. The molecule has 23 heavy (non-hydrogen) atoms. The summed E-state index contributed by atoms with van der Waals surface area (Å²) < 4.78 is 45.6. The van der Waals surface area contributed by atoms with Crippen LogP contribution in [0.4, 0.5) is 13.2 Å². The predicted octanol–water partition coefficient (Wildman–Crippen LogP) is 3.19. The molecule has 1 atom stereocenters. The standard InChI is InChI=1S/C16H15F3N2O2/c1-23-13-5-4-10-8-12(3-2-11(10)9-13)15(16(17,18)19)21-7-6-14(22)20-21/h2-5,8-9,15H,6-7H2,1H3,(H,20,22)/t15-/m0/s1. The van der Waals surface area contributed by atoms with E-state index in [2.05, 4.69) is 5.43 Å². The molecular weight excluding hydrogens is 309 g/mol. The highest BCUT2D eigenvalue weighted by molar-refractivity contribution is 5.84. The Hall–Kier alpha value is -2.28. The SMILES string of the molecule is COc1ccc2cc([C@H](N3CCC(=O)N3)C(F)(F)F)ccc2c1. The van der Waals surface area contributed by atoms with Crippen LogP contribution in [0.25, 0.3) is 10.8 Å². The summed E-state index contributed by atoms with van der Waals surface area (Å²) in [7, 11) is 1.53. The van der Waals surface area contributed by atoms with Crippen LogP contribution < -0.4 is 10.2 Å². The molecule has 1 amide bonds. The summed E-state index contributed by atoms with van der Waals surface area (Å²) in [6, 6.07) is 7.88. The lowest BCUT2D eigenvalue weighted by Crippen LogP contribution is -2.43. The third-order valence-corrected chi connectivity index (χ3v) is 3.86. The quantitative estimate of drug-likeness (QED) is 0.943. The second kappa shape index (κ2) is 5.73. The van der Waals surface area contributed by atoms with Gasteiger partial charge in [0, 0.05) is 13.0 Å². The van der Waals surface area contributed by atoms with Gasteiger partial charge in [-0.05, 0) is 34.5 Å². The fourth-order valence-corrected chi connectivity index (χ4v) is 2.77. The number of alkyl halides is 3. The molecule has 0 aromatic heterocycles. The van der Waals surface area contributed by atoms with Crippen molar-refractivity contribution in [2.75, 3.05) is 13.7 Å². The molecule has 1 aliphatic rings. The van der Waals surface area contributed by atoms with Gasteiger partial charge < -0.3 is 4.74 Å². The first-order valence-corrected chi connectivity index (χ1v) is 7.09. The second-order valence-corrected chi connectivity index (χ2v) is 5.40. The minimum absolute atomic E-state index is 0.0314. The monoisotopic (exact) mass is 324 g/mol. The first-order valence-electron chi connectivity index (χ1n) is 7.09. The highest BCUT2D eigenvalue weighted by Gasteiger charge is 2.46. The Morgan fingerprint density at radius 3 is 2.48 bits per heavy atom. The molecule has 122 valence electrons. The zero-order valence-electron chi connectivity index (χ0n) is 12.4. The fraction of sp³-hybridized carbons (Fsp3) is 0.312. The molecule has 0 radical (unpaired) electrons. The van der Waals surface area contributed by atoms with Crippen LogP contribution in [0.3, 0.4) is 0 Å². The van der Waals surface area contributed by atoms with Gasteiger partial charge in [0.2, 0.25) is 5.91 Å². The summed E-state index contributed by atoms with van der Waals surface area (Å²) in [6.45, 7) is 0.0314. The van der Waals surface area contributed by atoms with Crippen molar-refractivity contribution >= 4 is 16.7 Å². The molecule has 4 nitrogen and oxygen atoms in total. The smallest absolute Gasteiger partial charge is 0.409 e. The Balaban J connectivity index is 2.02. The largest absolute Gasteiger partial charge is 0.497 e. The van der Waals surface area contributed by atoms with E-state index in [1.165, 1.54) is 19.2 Å². The molecule has 0 aliphatic carbocycles. The minimum Gasteiger partial charge on any atom is -0.497 e. The number of ether oxygens (including phenoxy) is 1. The number of amides is 1. The average molecular weight is 324 g/mol. The lowest BCUT2D eigenvalue weighted by molar-refractivity contribution is -0.191. The Kier molecular flexibility index (Phi) is 3.89. The van der Waals surface area contributed by atoms with Crippen molar-refractivity contribution < 1.29 is 22.7 Å². The van der Waals surface area contributed by atoms with Crippen molar-refractivity contribution in [3.63, 3.8) is 0 Å². The van der Waals surface area contributed by atoms with Crippen LogP contribution in [-0.4, -0.2) is 30.7 Å². The molecule has 1 fully saturated rings. The average Bonchev–Trinajstić information content (AvgIpc) is 2.91. The number of rotatable bonds is 3. The molecule has 1 heterocycles. The van der Waals surface area contributed by atoms with Crippen LogP contribution in [0.15, 0.2) is 36.4 Å². The van der Waals surface area contributed by atoms with Crippen molar-refractivity contribution in [3.8, 4) is 5.75 Å².